The molecular formula is C22H18F3N3O5. The molecule has 1 heterocycles. The van der Waals surface area contributed by atoms with Gasteiger partial charge in [0, 0.05) is 11.9 Å². The number of halogens is 3. The van der Waals surface area contributed by atoms with Gasteiger partial charge in [0.25, 0.3) is 0 Å². The molecule has 3 aromatic rings. The second-order valence-corrected chi connectivity index (χ2v) is 6.52. The fourth-order valence-electron chi connectivity index (χ4n) is 2.71. The van der Waals surface area contributed by atoms with Crippen molar-refractivity contribution in [1.29, 1.82) is 0 Å². The zero-order chi connectivity index (χ0) is 24.0. The zero-order valence-corrected chi connectivity index (χ0v) is 17.4. The fraction of sp³-hybridized carbons (Fsp3) is 0.136. The van der Waals surface area contributed by atoms with Crippen LogP contribution >= 0.6 is 0 Å². The van der Waals surface area contributed by atoms with Gasteiger partial charge in [-0.25, -0.2) is 9.59 Å². The van der Waals surface area contributed by atoms with Gasteiger partial charge in [0.2, 0.25) is 0 Å². The molecule has 2 N–H and O–H groups in total. The summed E-state index contributed by atoms with van der Waals surface area (Å²) in [5, 5.41) is 4.85. The summed E-state index contributed by atoms with van der Waals surface area (Å²) in [6.07, 6.45) is -1.82. The summed E-state index contributed by atoms with van der Waals surface area (Å²) in [6.45, 7) is 0. The van der Waals surface area contributed by atoms with Crippen molar-refractivity contribution >= 4 is 23.4 Å². The Labute approximate surface area is 186 Å². The first-order valence-electron chi connectivity index (χ1n) is 9.34. The van der Waals surface area contributed by atoms with Crippen LogP contribution < -0.4 is 20.1 Å². The Kier molecular flexibility index (Phi) is 7.01. The molecule has 3 rings (SSSR count). The van der Waals surface area contributed by atoms with E-state index in [1.165, 1.54) is 44.8 Å². The highest BCUT2D eigenvalue weighted by Crippen LogP contribution is 2.35. The first-order chi connectivity index (χ1) is 15.7. The van der Waals surface area contributed by atoms with Gasteiger partial charge in [-0.1, -0.05) is 0 Å². The minimum atomic E-state index is -4.57. The van der Waals surface area contributed by atoms with E-state index in [0.717, 1.165) is 18.2 Å². The Morgan fingerprint density at radius 3 is 2.27 bits per heavy atom. The van der Waals surface area contributed by atoms with Crippen LogP contribution in [0.25, 0.3) is 0 Å². The van der Waals surface area contributed by atoms with Gasteiger partial charge in [0.1, 0.15) is 17.2 Å². The molecule has 0 atom stereocenters. The van der Waals surface area contributed by atoms with Crippen molar-refractivity contribution in [2.24, 2.45) is 0 Å². The number of carbonyl (C=O) groups excluding carboxylic acids is 2. The summed E-state index contributed by atoms with van der Waals surface area (Å²) >= 11 is 0. The monoisotopic (exact) mass is 461 g/mol. The number of esters is 1. The fourth-order valence-corrected chi connectivity index (χ4v) is 2.71. The van der Waals surface area contributed by atoms with Crippen molar-refractivity contribution in [2.75, 3.05) is 24.9 Å². The van der Waals surface area contributed by atoms with Crippen LogP contribution in [0.1, 0.15) is 15.9 Å². The van der Waals surface area contributed by atoms with Gasteiger partial charge >= 0.3 is 18.2 Å². The minimum Gasteiger partial charge on any atom is -0.495 e. The van der Waals surface area contributed by atoms with E-state index in [-0.39, 0.29) is 17.0 Å². The first-order valence-corrected chi connectivity index (χ1v) is 9.34. The lowest BCUT2D eigenvalue weighted by molar-refractivity contribution is -0.137. The average molecular weight is 461 g/mol. The Bertz CT molecular complexity index is 1150. The lowest BCUT2D eigenvalue weighted by atomic mass is 10.2. The van der Waals surface area contributed by atoms with Crippen LogP contribution in [0, 0.1) is 0 Å². The number of pyridine rings is 1. The van der Waals surface area contributed by atoms with E-state index in [0.29, 0.717) is 17.2 Å². The molecule has 0 radical (unpaired) electrons. The second kappa shape index (κ2) is 9.90. The van der Waals surface area contributed by atoms with Gasteiger partial charge in [-0.05, 0) is 48.5 Å². The number of nitrogens with one attached hydrogen (secondary N) is 2. The quantitative estimate of drug-likeness (QED) is 0.482. The van der Waals surface area contributed by atoms with Gasteiger partial charge < -0.3 is 24.8 Å². The molecule has 0 saturated carbocycles. The molecule has 0 spiro atoms. The van der Waals surface area contributed by atoms with Gasteiger partial charge in [-0.2, -0.15) is 13.2 Å². The summed E-state index contributed by atoms with van der Waals surface area (Å²) in [5.41, 5.74) is -0.490. The topological polar surface area (TPSA) is 98.8 Å². The Morgan fingerprint density at radius 1 is 0.909 bits per heavy atom. The highest BCUT2D eigenvalue weighted by atomic mass is 19.4. The van der Waals surface area contributed by atoms with E-state index in [4.69, 9.17) is 9.47 Å². The van der Waals surface area contributed by atoms with Crippen molar-refractivity contribution in [3.8, 4) is 17.2 Å². The Morgan fingerprint density at radius 2 is 1.64 bits per heavy atom. The van der Waals surface area contributed by atoms with Gasteiger partial charge in [0.15, 0.2) is 0 Å². The Hall–Kier alpha value is -4.28. The number of benzene rings is 2. The highest BCUT2D eigenvalue weighted by Gasteiger charge is 2.31. The molecule has 8 nitrogen and oxygen atoms in total. The molecule has 0 bridgehead atoms. The molecule has 2 aromatic carbocycles. The number of amides is 2. The maximum atomic E-state index is 13.0. The normalized spacial score (nSPS) is 10.8. The van der Waals surface area contributed by atoms with Crippen molar-refractivity contribution < 1.29 is 37.0 Å². The molecule has 11 heteroatoms. The Balaban J connectivity index is 1.66. The molecular weight excluding hydrogens is 443 g/mol. The van der Waals surface area contributed by atoms with Gasteiger partial charge in [-0.3, -0.25) is 4.98 Å². The molecule has 33 heavy (non-hydrogen) atoms. The minimum absolute atomic E-state index is 0.0738. The van der Waals surface area contributed by atoms with E-state index in [1.807, 2.05) is 0 Å². The maximum Gasteiger partial charge on any atom is 0.416 e. The summed E-state index contributed by atoms with van der Waals surface area (Å²) in [6, 6.07) is 9.59. The van der Waals surface area contributed by atoms with Crippen LogP contribution in [-0.2, 0) is 10.9 Å². The lowest BCUT2D eigenvalue weighted by Crippen LogP contribution is -2.20. The van der Waals surface area contributed by atoms with Crippen molar-refractivity contribution in [3.63, 3.8) is 0 Å². The van der Waals surface area contributed by atoms with Crippen LogP contribution in [0.2, 0.25) is 0 Å². The number of aromatic nitrogens is 1. The number of carbonyl (C=O) groups is 2. The summed E-state index contributed by atoms with van der Waals surface area (Å²) < 4.78 is 54.1. The SMILES string of the molecule is COC(=O)c1cncc(Oc2ccc(NC(=O)Nc3cc(C(F)(F)F)ccc3OC)cc2)c1. The molecule has 1 aromatic heterocycles. The van der Waals surface area contributed by atoms with Crippen molar-refractivity contribution in [1.82, 2.24) is 4.98 Å². The number of ether oxygens (including phenoxy) is 3. The predicted octanol–water partition coefficient (Wildman–Crippen LogP) is 5.33. The molecule has 0 aliphatic rings. The van der Waals surface area contributed by atoms with Crippen LogP contribution in [0.3, 0.4) is 0 Å². The molecule has 0 fully saturated rings. The number of hydrogen-bond acceptors (Lipinski definition) is 6. The maximum absolute atomic E-state index is 13.0. The number of rotatable bonds is 6. The van der Waals surface area contributed by atoms with Crippen LogP contribution in [0.5, 0.6) is 17.2 Å². The number of anilines is 2. The number of alkyl halides is 3. The first kappa shape index (κ1) is 23.4. The average Bonchev–Trinajstić information content (AvgIpc) is 2.79. The van der Waals surface area contributed by atoms with E-state index < -0.39 is 23.7 Å². The number of hydrogen-bond donors (Lipinski definition) is 2. The lowest BCUT2D eigenvalue weighted by Gasteiger charge is -2.14. The van der Waals surface area contributed by atoms with Crippen molar-refractivity contribution in [2.45, 2.75) is 6.18 Å². The zero-order valence-electron chi connectivity index (χ0n) is 17.4. The molecule has 0 aliphatic carbocycles. The summed E-state index contributed by atoms with van der Waals surface area (Å²) in [7, 11) is 2.53. The molecule has 0 aliphatic heterocycles. The van der Waals surface area contributed by atoms with E-state index in [1.54, 1.807) is 12.1 Å². The van der Waals surface area contributed by atoms with Crippen LogP contribution in [0.15, 0.2) is 60.9 Å². The van der Waals surface area contributed by atoms with Crippen LogP contribution in [0.4, 0.5) is 29.3 Å². The predicted molar refractivity (Wildman–Crippen MR) is 113 cm³/mol. The molecule has 172 valence electrons. The number of methoxy groups -OCH3 is 2. The van der Waals surface area contributed by atoms with E-state index in [9.17, 15) is 22.8 Å². The number of nitrogens with zero attached hydrogens (tertiary/aromatic N) is 1. The van der Waals surface area contributed by atoms with Gasteiger partial charge in [-0.15, -0.1) is 0 Å². The van der Waals surface area contributed by atoms with E-state index in [2.05, 4.69) is 20.4 Å². The second-order valence-electron chi connectivity index (χ2n) is 6.52. The van der Waals surface area contributed by atoms with Crippen molar-refractivity contribution in [3.05, 3.63) is 72.1 Å². The third kappa shape index (κ3) is 6.12. The van der Waals surface area contributed by atoms with E-state index >= 15 is 0 Å². The summed E-state index contributed by atoms with van der Waals surface area (Å²) in [5.74, 6) is 0.206. The van der Waals surface area contributed by atoms with Crippen LogP contribution in [-0.4, -0.2) is 31.2 Å². The molecule has 2 amide bonds. The standard InChI is InChI=1S/C22H18F3N3O5/c1-31-19-8-3-14(22(23,24)25)10-18(19)28-21(30)27-15-4-6-16(7-5-15)33-17-9-13(11-26-12-17)20(29)32-2/h3-12H,1-2H3,(H2,27,28,30). The largest absolute Gasteiger partial charge is 0.495 e. The van der Waals surface area contributed by atoms with Gasteiger partial charge in [0.05, 0.1) is 37.2 Å². The summed E-state index contributed by atoms with van der Waals surface area (Å²) in [4.78, 5) is 27.8. The number of urea groups is 1. The highest BCUT2D eigenvalue weighted by molar-refractivity contribution is 6.00. The third-order valence-electron chi connectivity index (χ3n) is 4.26. The smallest absolute Gasteiger partial charge is 0.416 e. The molecule has 0 unspecified atom stereocenters. The third-order valence-corrected chi connectivity index (χ3v) is 4.26. The molecule has 0 saturated heterocycles.